The third kappa shape index (κ3) is 5.63. The summed E-state index contributed by atoms with van der Waals surface area (Å²) in [6, 6.07) is 6.69. The van der Waals surface area contributed by atoms with Crippen molar-refractivity contribution in [3.63, 3.8) is 0 Å². The van der Waals surface area contributed by atoms with Gasteiger partial charge in [0, 0.05) is 25.2 Å². The quantitative estimate of drug-likeness (QED) is 0.822. The van der Waals surface area contributed by atoms with Gasteiger partial charge < -0.3 is 19.6 Å². The molecule has 1 saturated heterocycles. The maximum atomic E-state index is 12.3. The van der Waals surface area contributed by atoms with E-state index < -0.39 is 11.9 Å². The van der Waals surface area contributed by atoms with Gasteiger partial charge in [-0.3, -0.25) is 14.4 Å². The van der Waals surface area contributed by atoms with Crippen LogP contribution in [0.3, 0.4) is 0 Å². The van der Waals surface area contributed by atoms with Crippen LogP contribution in [-0.4, -0.2) is 66.0 Å². The Morgan fingerprint density at radius 1 is 1.40 bits per heavy atom. The summed E-state index contributed by atoms with van der Waals surface area (Å²) in [5, 5.41) is 9.58. The van der Waals surface area contributed by atoms with Crippen molar-refractivity contribution >= 4 is 29.4 Å². The lowest BCUT2D eigenvalue weighted by atomic mass is 9.98. The monoisotopic (exact) mass is 368 g/mol. The maximum absolute atomic E-state index is 12.3. The molecule has 1 heterocycles. The second-order valence-electron chi connectivity index (χ2n) is 6.01. The number of nitrogens with zero attached hydrogens (tertiary/aromatic N) is 2. The number of rotatable bonds is 6. The fourth-order valence-electron chi connectivity index (χ4n) is 2.61. The lowest BCUT2D eigenvalue weighted by Gasteiger charge is -2.32. The van der Waals surface area contributed by atoms with Crippen LogP contribution in [0.1, 0.15) is 12.8 Å². The van der Waals surface area contributed by atoms with E-state index in [1.165, 1.54) is 16.8 Å². The molecule has 2 rings (SSSR count). The van der Waals surface area contributed by atoms with Gasteiger partial charge in [0.25, 0.3) is 5.91 Å². The highest BCUT2D eigenvalue weighted by molar-refractivity contribution is 6.30. The first-order valence-corrected chi connectivity index (χ1v) is 8.37. The highest BCUT2D eigenvalue weighted by atomic mass is 35.5. The number of piperidine rings is 1. The summed E-state index contributed by atoms with van der Waals surface area (Å²) < 4.78 is 5.37. The standard InChI is InChI=1S/C17H21ClN2O5/c1-19(16(22)11-25-14-6-2-5-13(18)8-14)10-15(21)20-7-3-4-12(9-20)17(23)24/h2,5-6,8,12H,3-4,7,9-11H2,1H3,(H,23,24). The summed E-state index contributed by atoms with van der Waals surface area (Å²) in [7, 11) is 1.51. The predicted molar refractivity (Wildman–Crippen MR) is 91.5 cm³/mol. The van der Waals surface area contributed by atoms with Crippen LogP contribution in [0.25, 0.3) is 0 Å². The number of halogens is 1. The molecule has 1 aliphatic heterocycles. The van der Waals surface area contributed by atoms with Gasteiger partial charge in [-0.1, -0.05) is 17.7 Å². The van der Waals surface area contributed by atoms with Crippen molar-refractivity contribution in [2.75, 3.05) is 33.3 Å². The number of benzene rings is 1. The molecule has 136 valence electrons. The molecule has 25 heavy (non-hydrogen) atoms. The van der Waals surface area contributed by atoms with Gasteiger partial charge in [0.1, 0.15) is 5.75 Å². The Balaban J connectivity index is 1.81. The van der Waals surface area contributed by atoms with E-state index >= 15 is 0 Å². The first kappa shape index (κ1) is 19.1. The minimum Gasteiger partial charge on any atom is -0.484 e. The number of ether oxygens (including phenoxy) is 1. The Morgan fingerprint density at radius 2 is 2.16 bits per heavy atom. The van der Waals surface area contributed by atoms with Crippen LogP contribution in [0.2, 0.25) is 5.02 Å². The first-order chi connectivity index (χ1) is 11.9. The molecule has 1 aromatic rings. The van der Waals surface area contributed by atoms with Crippen molar-refractivity contribution in [3.8, 4) is 5.75 Å². The summed E-state index contributed by atoms with van der Waals surface area (Å²) in [4.78, 5) is 38.2. The van der Waals surface area contributed by atoms with Gasteiger partial charge in [-0.05, 0) is 31.0 Å². The molecule has 7 nitrogen and oxygen atoms in total. The topological polar surface area (TPSA) is 87.2 Å². The lowest BCUT2D eigenvalue weighted by Crippen LogP contribution is -2.47. The zero-order valence-corrected chi connectivity index (χ0v) is 14.7. The maximum Gasteiger partial charge on any atom is 0.308 e. The molecule has 1 unspecified atom stereocenters. The molecule has 1 aromatic carbocycles. The average Bonchev–Trinajstić information content (AvgIpc) is 2.59. The number of carboxylic acid groups (broad SMARTS) is 1. The normalized spacial score (nSPS) is 17.0. The van der Waals surface area contributed by atoms with Gasteiger partial charge >= 0.3 is 5.97 Å². The Morgan fingerprint density at radius 3 is 2.84 bits per heavy atom. The SMILES string of the molecule is CN(CC(=O)N1CCCC(C(=O)O)C1)C(=O)COc1cccc(Cl)c1. The highest BCUT2D eigenvalue weighted by Crippen LogP contribution is 2.18. The van der Waals surface area contributed by atoms with E-state index in [0.29, 0.717) is 30.2 Å². The zero-order valence-electron chi connectivity index (χ0n) is 14.0. The van der Waals surface area contributed by atoms with Gasteiger partial charge in [-0.15, -0.1) is 0 Å². The van der Waals surface area contributed by atoms with Crippen LogP contribution in [-0.2, 0) is 14.4 Å². The molecule has 1 N–H and O–H groups in total. The Hall–Kier alpha value is -2.28. The molecule has 8 heteroatoms. The van der Waals surface area contributed by atoms with Crippen LogP contribution >= 0.6 is 11.6 Å². The number of hydrogen-bond donors (Lipinski definition) is 1. The Kier molecular flexibility index (Phi) is 6.64. The van der Waals surface area contributed by atoms with Crippen molar-refractivity contribution in [1.82, 2.24) is 9.80 Å². The van der Waals surface area contributed by atoms with Crippen molar-refractivity contribution in [2.45, 2.75) is 12.8 Å². The third-order valence-corrected chi connectivity index (χ3v) is 4.32. The number of carboxylic acids is 1. The highest BCUT2D eigenvalue weighted by Gasteiger charge is 2.28. The summed E-state index contributed by atoms with van der Waals surface area (Å²) in [6.45, 7) is 0.394. The van der Waals surface area contributed by atoms with Gasteiger partial charge in [0.05, 0.1) is 12.5 Å². The van der Waals surface area contributed by atoms with E-state index in [9.17, 15) is 14.4 Å². The van der Waals surface area contributed by atoms with Crippen molar-refractivity contribution in [1.29, 1.82) is 0 Å². The predicted octanol–water partition coefficient (Wildman–Crippen LogP) is 1.50. The Labute approximate surface area is 151 Å². The molecule has 0 bridgehead atoms. The van der Waals surface area contributed by atoms with Crippen molar-refractivity contribution in [3.05, 3.63) is 29.3 Å². The molecule has 2 amide bonds. The lowest BCUT2D eigenvalue weighted by molar-refractivity contribution is -0.147. The van der Waals surface area contributed by atoms with Gasteiger partial charge in [-0.25, -0.2) is 0 Å². The van der Waals surface area contributed by atoms with E-state index in [1.807, 2.05) is 0 Å². The van der Waals surface area contributed by atoms with Crippen LogP contribution < -0.4 is 4.74 Å². The number of carbonyl (C=O) groups is 3. The zero-order chi connectivity index (χ0) is 18.4. The summed E-state index contributed by atoms with van der Waals surface area (Å²) in [5.41, 5.74) is 0. The largest absolute Gasteiger partial charge is 0.484 e. The minimum absolute atomic E-state index is 0.107. The molecule has 1 fully saturated rings. The van der Waals surface area contributed by atoms with Crippen LogP contribution in [0.5, 0.6) is 5.75 Å². The summed E-state index contributed by atoms with van der Waals surface area (Å²) in [5.74, 6) is -1.56. The molecule has 0 radical (unpaired) electrons. The first-order valence-electron chi connectivity index (χ1n) is 7.99. The number of amides is 2. The molecule has 0 aromatic heterocycles. The van der Waals surface area contributed by atoms with Crippen molar-refractivity contribution in [2.24, 2.45) is 5.92 Å². The van der Waals surface area contributed by atoms with E-state index in [-0.39, 0.29) is 31.5 Å². The number of hydrogen-bond acceptors (Lipinski definition) is 4. The molecule has 0 saturated carbocycles. The fourth-order valence-corrected chi connectivity index (χ4v) is 2.79. The number of likely N-dealkylation sites (N-methyl/N-ethyl adjacent to an activating group) is 1. The second kappa shape index (κ2) is 8.71. The van der Waals surface area contributed by atoms with E-state index in [0.717, 1.165) is 0 Å². The van der Waals surface area contributed by atoms with E-state index in [2.05, 4.69) is 0 Å². The third-order valence-electron chi connectivity index (χ3n) is 4.08. The number of aliphatic carboxylic acids is 1. The van der Waals surface area contributed by atoms with Crippen molar-refractivity contribution < 1.29 is 24.2 Å². The molecule has 0 aliphatic carbocycles. The second-order valence-corrected chi connectivity index (χ2v) is 6.45. The van der Waals surface area contributed by atoms with Gasteiger partial charge in [0.15, 0.2) is 6.61 Å². The molecule has 1 aliphatic rings. The van der Waals surface area contributed by atoms with E-state index in [4.69, 9.17) is 21.4 Å². The van der Waals surface area contributed by atoms with Crippen LogP contribution in [0.4, 0.5) is 0 Å². The summed E-state index contributed by atoms with van der Waals surface area (Å²) >= 11 is 5.84. The smallest absolute Gasteiger partial charge is 0.308 e. The molecular weight excluding hydrogens is 348 g/mol. The Bertz CT molecular complexity index is 652. The molecule has 1 atom stereocenters. The van der Waals surface area contributed by atoms with Crippen LogP contribution in [0.15, 0.2) is 24.3 Å². The fraction of sp³-hybridized carbons (Fsp3) is 0.471. The molecular formula is C17H21ClN2O5. The molecule has 0 spiro atoms. The van der Waals surface area contributed by atoms with Gasteiger partial charge in [-0.2, -0.15) is 0 Å². The number of carbonyl (C=O) groups excluding carboxylic acids is 2. The summed E-state index contributed by atoms with van der Waals surface area (Å²) in [6.07, 6.45) is 1.22. The van der Waals surface area contributed by atoms with Gasteiger partial charge in [0.2, 0.25) is 5.91 Å². The van der Waals surface area contributed by atoms with Crippen LogP contribution in [0, 0.1) is 5.92 Å². The average molecular weight is 369 g/mol. The van der Waals surface area contributed by atoms with E-state index in [1.54, 1.807) is 24.3 Å². The minimum atomic E-state index is -0.892. The number of likely N-dealkylation sites (tertiary alicyclic amines) is 1.